The number of nitrogens with one attached hydrogen (secondary N) is 1. The van der Waals surface area contributed by atoms with E-state index in [0.29, 0.717) is 19.5 Å². The number of hydrogen-bond donors (Lipinski definition) is 2. The standard InChI is InChI=1S/C13H16F3NO/c1-9-8-17-7-6-12(9,18)10-4-2-3-5-11(10)13(14,15)16/h2-5,9,17-18H,6-8H2,1H3. The minimum atomic E-state index is -4.43. The highest BCUT2D eigenvalue weighted by Crippen LogP contribution is 2.42. The average Bonchev–Trinajstić information content (AvgIpc) is 2.32. The van der Waals surface area contributed by atoms with Crippen molar-refractivity contribution in [1.29, 1.82) is 0 Å². The minimum Gasteiger partial charge on any atom is -0.385 e. The predicted octanol–water partition coefficient (Wildman–Crippen LogP) is 2.52. The van der Waals surface area contributed by atoms with Gasteiger partial charge in [-0.3, -0.25) is 0 Å². The van der Waals surface area contributed by atoms with Crippen LogP contribution < -0.4 is 5.32 Å². The molecule has 2 unspecified atom stereocenters. The number of rotatable bonds is 1. The molecule has 100 valence electrons. The highest BCUT2D eigenvalue weighted by molar-refractivity contribution is 5.35. The monoisotopic (exact) mass is 259 g/mol. The summed E-state index contributed by atoms with van der Waals surface area (Å²) in [6.07, 6.45) is -4.14. The zero-order valence-electron chi connectivity index (χ0n) is 10.1. The summed E-state index contributed by atoms with van der Waals surface area (Å²) in [5.74, 6) is -0.255. The van der Waals surface area contributed by atoms with E-state index in [4.69, 9.17) is 0 Å². The average molecular weight is 259 g/mol. The van der Waals surface area contributed by atoms with E-state index in [9.17, 15) is 18.3 Å². The highest BCUT2D eigenvalue weighted by Gasteiger charge is 2.44. The van der Waals surface area contributed by atoms with Crippen LogP contribution in [0, 0.1) is 5.92 Å². The first-order valence-electron chi connectivity index (χ1n) is 5.95. The third-order valence-corrected chi connectivity index (χ3v) is 3.65. The maximum Gasteiger partial charge on any atom is 0.416 e. The lowest BCUT2D eigenvalue weighted by Crippen LogP contribution is -2.47. The van der Waals surface area contributed by atoms with Crippen LogP contribution in [0.25, 0.3) is 0 Å². The molecule has 0 spiro atoms. The highest BCUT2D eigenvalue weighted by atomic mass is 19.4. The van der Waals surface area contributed by atoms with E-state index in [1.165, 1.54) is 18.2 Å². The Morgan fingerprint density at radius 1 is 1.33 bits per heavy atom. The van der Waals surface area contributed by atoms with Gasteiger partial charge in [-0.2, -0.15) is 13.2 Å². The Hall–Kier alpha value is -1.07. The molecule has 0 bridgehead atoms. The van der Waals surface area contributed by atoms with Gasteiger partial charge >= 0.3 is 6.18 Å². The summed E-state index contributed by atoms with van der Waals surface area (Å²) in [5, 5.41) is 13.7. The van der Waals surface area contributed by atoms with Crippen LogP contribution in [-0.4, -0.2) is 18.2 Å². The molecule has 0 aliphatic carbocycles. The van der Waals surface area contributed by atoms with Crippen molar-refractivity contribution in [1.82, 2.24) is 5.32 Å². The maximum absolute atomic E-state index is 13.0. The second-order valence-electron chi connectivity index (χ2n) is 4.82. The first kappa shape index (κ1) is 13.4. The molecule has 1 aromatic carbocycles. The number of alkyl halides is 3. The summed E-state index contributed by atoms with van der Waals surface area (Å²) in [6.45, 7) is 2.80. The molecule has 1 aliphatic rings. The van der Waals surface area contributed by atoms with Crippen molar-refractivity contribution in [2.75, 3.05) is 13.1 Å². The maximum atomic E-state index is 13.0. The van der Waals surface area contributed by atoms with E-state index in [1.807, 2.05) is 0 Å². The molecule has 18 heavy (non-hydrogen) atoms. The molecule has 1 heterocycles. The van der Waals surface area contributed by atoms with Crippen LogP contribution in [0.15, 0.2) is 24.3 Å². The fourth-order valence-electron chi connectivity index (χ4n) is 2.52. The van der Waals surface area contributed by atoms with E-state index in [-0.39, 0.29) is 11.5 Å². The van der Waals surface area contributed by atoms with E-state index >= 15 is 0 Å². The zero-order chi connectivity index (χ0) is 13.4. The molecule has 1 fully saturated rings. The Labute approximate surface area is 104 Å². The first-order chi connectivity index (χ1) is 8.36. The van der Waals surface area contributed by atoms with Crippen molar-refractivity contribution >= 4 is 0 Å². The second-order valence-corrected chi connectivity index (χ2v) is 4.82. The Kier molecular flexibility index (Phi) is 3.38. The summed E-state index contributed by atoms with van der Waals surface area (Å²) in [6, 6.07) is 5.30. The van der Waals surface area contributed by atoms with Gasteiger partial charge in [0.15, 0.2) is 0 Å². The third kappa shape index (κ3) is 2.24. The summed E-state index contributed by atoms with van der Waals surface area (Å²) in [4.78, 5) is 0. The lowest BCUT2D eigenvalue weighted by atomic mass is 9.76. The molecule has 1 aromatic rings. The molecular weight excluding hydrogens is 243 g/mol. The van der Waals surface area contributed by atoms with Crippen molar-refractivity contribution < 1.29 is 18.3 Å². The first-order valence-corrected chi connectivity index (χ1v) is 5.95. The van der Waals surface area contributed by atoms with Gasteiger partial charge in [-0.15, -0.1) is 0 Å². The van der Waals surface area contributed by atoms with Crippen LogP contribution in [-0.2, 0) is 11.8 Å². The van der Waals surface area contributed by atoms with Crippen LogP contribution in [0.5, 0.6) is 0 Å². The molecule has 5 heteroatoms. The summed E-state index contributed by atoms with van der Waals surface area (Å²) in [5.41, 5.74) is -2.15. The number of piperidine rings is 1. The van der Waals surface area contributed by atoms with Crippen LogP contribution in [0.4, 0.5) is 13.2 Å². The molecule has 0 radical (unpaired) electrons. The fourth-order valence-corrected chi connectivity index (χ4v) is 2.52. The number of hydrogen-bond acceptors (Lipinski definition) is 2. The summed E-state index contributed by atoms with van der Waals surface area (Å²) >= 11 is 0. The van der Waals surface area contributed by atoms with Gasteiger partial charge in [-0.05, 0) is 24.6 Å². The second kappa shape index (κ2) is 4.55. The number of aliphatic hydroxyl groups is 1. The van der Waals surface area contributed by atoms with E-state index in [2.05, 4.69) is 5.32 Å². The van der Waals surface area contributed by atoms with Crippen molar-refractivity contribution in [3.63, 3.8) is 0 Å². The Bertz CT molecular complexity index is 432. The molecule has 2 rings (SSSR count). The van der Waals surface area contributed by atoms with Gasteiger partial charge in [0.05, 0.1) is 11.2 Å². The quantitative estimate of drug-likeness (QED) is 0.812. The lowest BCUT2D eigenvalue weighted by molar-refractivity contribution is -0.142. The Morgan fingerprint density at radius 3 is 2.61 bits per heavy atom. The largest absolute Gasteiger partial charge is 0.416 e. The van der Waals surface area contributed by atoms with Gasteiger partial charge < -0.3 is 10.4 Å². The topological polar surface area (TPSA) is 32.3 Å². The molecule has 0 aromatic heterocycles. The summed E-state index contributed by atoms with van der Waals surface area (Å²) in [7, 11) is 0. The number of halogens is 3. The molecule has 0 saturated carbocycles. The fraction of sp³-hybridized carbons (Fsp3) is 0.538. The van der Waals surface area contributed by atoms with E-state index < -0.39 is 17.3 Å². The van der Waals surface area contributed by atoms with Gasteiger partial charge in [0.25, 0.3) is 0 Å². The Morgan fingerprint density at radius 2 is 2.00 bits per heavy atom. The SMILES string of the molecule is CC1CNCCC1(O)c1ccccc1C(F)(F)F. The van der Waals surface area contributed by atoms with Crippen LogP contribution in [0.1, 0.15) is 24.5 Å². The molecule has 1 saturated heterocycles. The van der Waals surface area contributed by atoms with Crippen LogP contribution in [0.3, 0.4) is 0 Å². The van der Waals surface area contributed by atoms with Crippen molar-refractivity contribution in [3.8, 4) is 0 Å². The van der Waals surface area contributed by atoms with Gasteiger partial charge in [0.2, 0.25) is 0 Å². The van der Waals surface area contributed by atoms with Crippen molar-refractivity contribution in [3.05, 3.63) is 35.4 Å². The molecule has 2 nitrogen and oxygen atoms in total. The third-order valence-electron chi connectivity index (χ3n) is 3.65. The predicted molar refractivity (Wildman–Crippen MR) is 62.0 cm³/mol. The smallest absolute Gasteiger partial charge is 0.385 e. The normalized spacial score (nSPS) is 29.3. The van der Waals surface area contributed by atoms with Gasteiger partial charge in [-0.1, -0.05) is 25.1 Å². The molecule has 2 atom stereocenters. The Balaban J connectivity index is 2.50. The lowest BCUT2D eigenvalue weighted by Gasteiger charge is -2.40. The molecule has 2 N–H and O–H groups in total. The van der Waals surface area contributed by atoms with Crippen molar-refractivity contribution in [2.45, 2.75) is 25.1 Å². The molecular formula is C13H16F3NO. The van der Waals surface area contributed by atoms with E-state index in [0.717, 1.165) is 6.07 Å². The van der Waals surface area contributed by atoms with Gasteiger partial charge in [0, 0.05) is 12.5 Å². The summed E-state index contributed by atoms with van der Waals surface area (Å²) < 4.78 is 38.9. The van der Waals surface area contributed by atoms with E-state index in [1.54, 1.807) is 6.92 Å². The van der Waals surface area contributed by atoms with Gasteiger partial charge in [-0.25, -0.2) is 0 Å². The number of benzene rings is 1. The zero-order valence-corrected chi connectivity index (χ0v) is 10.1. The van der Waals surface area contributed by atoms with Crippen LogP contribution in [0.2, 0.25) is 0 Å². The molecule has 0 amide bonds. The van der Waals surface area contributed by atoms with Crippen molar-refractivity contribution in [2.24, 2.45) is 5.92 Å². The van der Waals surface area contributed by atoms with Crippen LogP contribution >= 0.6 is 0 Å². The van der Waals surface area contributed by atoms with Gasteiger partial charge in [0.1, 0.15) is 0 Å². The molecule has 1 aliphatic heterocycles. The minimum absolute atomic E-state index is 0.00787.